The van der Waals surface area contributed by atoms with Crippen molar-refractivity contribution in [3.63, 3.8) is 0 Å². The van der Waals surface area contributed by atoms with Gasteiger partial charge in [-0.3, -0.25) is 4.79 Å². The third kappa shape index (κ3) is 4.83. The molecule has 0 unspecified atom stereocenters. The Morgan fingerprint density at radius 2 is 1.70 bits per heavy atom. The molecule has 2 aromatic carbocycles. The van der Waals surface area contributed by atoms with Gasteiger partial charge >= 0.3 is 0 Å². The molecule has 27 heavy (non-hydrogen) atoms. The molecule has 1 amide bonds. The van der Waals surface area contributed by atoms with Gasteiger partial charge in [0.15, 0.2) is 0 Å². The van der Waals surface area contributed by atoms with Gasteiger partial charge in [-0.25, -0.2) is 4.98 Å². The van der Waals surface area contributed by atoms with E-state index in [2.05, 4.69) is 10.3 Å². The van der Waals surface area contributed by atoms with Gasteiger partial charge in [-0.2, -0.15) is 0 Å². The molecule has 3 aromatic rings. The molecule has 1 N–H and O–H groups in total. The fraction of sp³-hybridized carbons (Fsp3) is 0.143. The van der Waals surface area contributed by atoms with Gasteiger partial charge in [0.1, 0.15) is 5.03 Å². The number of nitrogens with one attached hydrogen (secondary N) is 1. The minimum atomic E-state index is -0.182. The molecule has 0 aliphatic heterocycles. The van der Waals surface area contributed by atoms with Crippen LogP contribution in [0.15, 0.2) is 59.6 Å². The second-order valence-corrected chi connectivity index (χ2v) is 7.85. The molecule has 3 rings (SSSR count). The highest BCUT2D eigenvalue weighted by Gasteiger charge is 2.18. The first-order valence-electron chi connectivity index (χ1n) is 8.36. The van der Waals surface area contributed by atoms with E-state index in [1.807, 2.05) is 56.3 Å². The van der Waals surface area contributed by atoms with Crippen LogP contribution in [0.2, 0.25) is 10.0 Å². The third-order valence-electron chi connectivity index (χ3n) is 3.99. The molecular formula is C21H18Cl2N2OS. The summed E-state index contributed by atoms with van der Waals surface area (Å²) >= 11 is 14.0. The van der Waals surface area contributed by atoms with Gasteiger partial charge in [-0.05, 0) is 55.3 Å². The summed E-state index contributed by atoms with van der Waals surface area (Å²) in [6, 6.07) is 16.7. The van der Waals surface area contributed by atoms with Crippen molar-refractivity contribution in [3.8, 4) is 0 Å². The lowest BCUT2D eigenvalue weighted by Gasteiger charge is -2.14. The van der Waals surface area contributed by atoms with E-state index in [1.165, 1.54) is 11.8 Å². The minimum absolute atomic E-state index is 0.182. The average Bonchev–Trinajstić information content (AvgIpc) is 2.61. The van der Waals surface area contributed by atoms with Gasteiger partial charge in [0.05, 0.1) is 5.56 Å². The summed E-state index contributed by atoms with van der Waals surface area (Å²) in [4.78, 5) is 17.5. The lowest BCUT2D eigenvalue weighted by atomic mass is 10.1. The lowest BCUT2D eigenvalue weighted by molar-refractivity contribution is 0.102. The molecule has 1 heterocycles. The maximum atomic E-state index is 12.9. The molecule has 0 fully saturated rings. The Balaban J connectivity index is 1.89. The van der Waals surface area contributed by atoms with Crippen molar-refractivity contribution in [2.45, 2.75) is 24.6 Å². The first-order chi connectivity index (χ1) is 13.0. The Bertz CT molecular complexity index is 957. The summed E-state index contributed by atoms with van der Waals surface area (Å²) in [6.45, 7) is 3.83. The molecule has 0 saturated heterocycles. The number of pyridine rings is 1. The third-order valence-corrected chi connectivity index (χ3v) is 5.70. The first-order valence-corrected chi connectivity index (χ1v) is 10.1. The van der Waals surface area contributed by atoms with Gasteiger partial charge in [-0.1, -0.05) is 47.5 Å². The largest absolute Gasteiger partial charge is 0.322 e. The van der Waals surface area contributed by atoms with Crippen molar-refractivity contribution < 1.29 is 4.79 Å². The average molecular weight is 417 g/mol. The smallest absolute Gasteiger partial charge is 0.258 e. The molecule has 0 spiro atoms. The summed E-state index contributed by atoms with van der Waals surface area (Å²) in [6.07, 6.45) is 0. The molecule has 3 nitrogen and oxygen atoms in total. The number of rotatable bonds is 5. The monoisotopic (exact) mass is 416 g/mol. The fourth-order valence-electron chi connectivity index (χ4n) is 2.71. The number of hydrogen-bond acceptors (Lipinski definition) is 3. The van der Waals surface area contributed by atoms with E-state index in [4.69, 9.17) is 23.2 Å². The van der Waals surface area contributed by atoms with Crippen LogP contribution in [0.1, 0.15) is 27.2 Å². The van der Waals surface area contributed by atoms with E-state index in [-0.39, 0.29) is 5.91 Å². The van der Waals surface area contributed by atoms with Crippen molar-refractivity contribution in [1.29, 1.82) is 0 Å². The molecule has 0 radical (unpaired) electrons. The molecule has 1 aromatic heterocycles. The van der Waals surface area contributed by atoms with Crippen LogP contribution < -0.4 is 5.32 Å². The molecular weight excluding hydrogens is 399 g/mol. The van der Waals surface area contributed by atoms with Crippen molar-refractivity contribution >= 4 is 46.6 Å². The molecule has 0 aliphatic rings. The maximum Gasteiger partial charge on any atom is 0.258 e. The van der Waals surface area contributed by atoms with Crippen molar-refractivity contribution in [1.82, 2.24) is 4.98 Å². The highest BCUT2D eigenvalue weighted by atomic mass is 35.5. The number of carbonyl (C=O) groups is 1. The van der Waals surface area contributed by atoms with Crippen LogP contribution in [0, 0.1) is 13.8 Å². The molecule has 0 aliphatic carbocycles. The van der Waals surface area contributed by atoms with Gasteiger partial charge < -0.3 is 5.32 Å². The van der Waals surface area contributed by atoms with Crippen LogP contribution >= 0.6 is 35.0 Å². The van der Waals surface area contributed by atoms with Crippen molar-refractivity contribution in [2.75, 3.05) is 5.32 Å². The molecule has 138 valence electrons. The summed E-state index contributed by atoms with van der Waals surface area (Å²) in [5.74, 6) is 0.346. The number of hydrogen-bond donors (Lipinski definition) is 1. The van der Waals surface area contributed by atoms with E-state index in [0.29, 0.717) is 26.4 Å². The number of amides is 1. The number of benzene rings is 2. The number of carbonyl (C=O) groups excluding carboxylic acids is 1. The zero-order valence-electron chi connectivity index (χ0n) is 14.9. The first kappa shape index (κ1) is 19.7. The quantitative estimate of drug-likeness (QED) is 0.479. The second-order valence-electron chi connectivity index (χ2n) is 6.07. The van der Waals surface area contributed by atoms with E-state index in [1.54, 1.807) is 12.1 Å². The number of halogens is 2. The van der Waals surface area contributed by atoms with Crippen LogP contribution in [0.4, 0.5) is 5.69 Å². The normalized spacial score (nSPS) is 10.7. The number of anilines is 1. The van der Waals surface area contributed by atoms with Crippen LogP contribution in [0.5, 0.6) is 0 Å². The van der Waals surface area contributed by atoms with Crippen LogP contribution in [0.3, 0.4) is 0 Å². The van der Waals surface area contributed by atoms with E-state index < -0.39 is 0 Å². The highest BCUT2D eigenvalue weighted by molar-refractivity contribution is 7.98. The van der Waals surface area contributed by atoms with Gasteiger partial charge in [0.25, 0.3) is 5.91 Å². The number of para-hydroxylation sites is 1. The van der Waals surface area contributed by atoms with E-state index in [9.17, 15) is 4.79 Å². The molecule has 6 heteroatoms. The van der Waals surface area contributed by atoms with E-state index in [0.717, 1.165) is 22.5 Å². The fourth-order valence-corrected chi connectivity index (χ4v) is 4.60. The van der Waals surface area contributed by atoms with Crippen LogP contribution in [-0.2, 0) is 5.75 Å². The van der Waals surface area contributed by atoms with Crippen LogP contribution in [0.25, 0.3) is 0 Å². The predicted octanol–water partition coefficient (Wildman–Crippen LogP) is 6.55. The number of thioether (sulfide) groups is 1. The summed E-state index contributed by atoms with van der Waals surface area (Å²) in [7, 11) is 0. The molecule has 0 atom stereocenters. The van der Waals surface area contributed by atoms with Gasteiger partial charge in [-0.15, -0.1) is 11.8 Å². The summed E-state index contributed by atoms with van der Waals surface area (Å²) < 4.78 is 0. The SMILES string of the molecule is Cc1cc(C)c(C(=O)Nc2ccccc2)c(SCc2c(Cl)cccc2Cl)n1. The zero-order chi connectivity index (χ0) is 19.4. The van der Waals surface area contributed by atoms with Gasteiger partial charge in [0.2, 0.25) is 0 Å². The molecule has 0 bridgehead atoms. The Kier molecular flexibility index (Phi) is 6.42. The number of nitrogens with zero attached hydrogens (tertiary/aromatic N) is 1. The van der Waals surface area contributed by atoms with E-state index >= 15 is 0 Å². The topological polar surface area (TPSA) is 42.0 Å². The Morgan fingerprint density at radius 3 is 2.37 bits per heavy atom. The predicted molar refractivity (Wildman–Crippen MR) is 114 cm³/mol. The van der Waals surface area contributed by atoms with Gasteiger partial charge in [0, 0.05) is 27.2 Å². The second kappa shape index (κ2) is 8.79. The van der Waals surface area contributed by atoms with Crippen molar-refractivity contribution in [2.24, 2.45) is 0 Å². The Hall–Kier alpha value is -2.01. The number of aromatic nitrogens is 1. The minimum Gasteiger partial charge on any atom is -0.322 e. The summed E-state index contributed by atoms with van der Waals surface area (Å²) in [5.41, 5.74) is 3.88. The zero-order valence-corrected chi connectivity index (χ0v) is 17.3. The van der Waals surface area contributed by atoms with Crippen molar-refractivity contribution in [3.05, 3.63) is 87.0 Å². The highest BCUT2D eigenvalue weighted by Crippen LogP contribution is 2.33. The standard InChI is InChI=1S/C21H18Cl2N2OS/c1-13-11-14(2)24-21(27-12-16-17(22)9-6-10-18(16)23)19(13)20(26)25-15-7-4-3-5-8-15/h3-11H,12H2,1-2H3,(H,25,26). The van der Waals surface area contributed by atoms with Crippen LogP contribution in [-0.4, -0.2) is 10.9 Å². The Labute approximate surface area is 173 Å². The maximum absolute atomic E-state index is 12.9. The summed E-state index contributed by atoms with van der Waals surface area (Å²) in [5, 5.41) is 4.81. The Morgan fingerprint density at radius 1 is 1.04 bits per heavy atom. The lowest BCUT2D eigenvalue weighted by Crippen LogP contribution is -2.16. The number of aryl methyl sites for hydroxylation is 2. The molecule has 0 saturated carbocycles.